The summed E-state index contributed by atoms with van der Waals surface area (Å²) in [4.78, 5) is 23.6. The van der Waals surface area contributed by atoms with Crippen LogP contribution in [0.3, 0.4) is 0 Å². The van der Waals surface area contributed by atoms with Crippen LogP contribution in [0.4, 0.5) is 0 Å². The summed E-state index contributed by atoms with van der Waals surface area (Å²) in [6, 6.07) is 21.0. The van der Waals surface area contributed by atoms with Gasteiger partial charge in [0.1, 0.15) is 11.5 Å². The Hall–Kier alpha value is -4.64. The van der Waals surface area contributed by atoms with Crippen molar-refractivity contribution in [3.63, 3.8) is 0 Å². The molecule has 0 aliphatic carbocycles. The maximum Gasteiger partial charge on any atom is 0.250 e. The Morgan fingerprint density at radius 2 is 1.62 bits per heavy atom. The van der Waals surface area contributed by atoms with Gasteiger partial charge in [-0.3, -0.25) is 9.36 Å². The smallest absolute Gasteiger partial charge is 0.250 e. The molecule has 0 spiro atoms. The molecule has 3 aromatic carbocycles. The van der Waals surface area contributed by atoms with Gasteiger partial charge in [0.05, 0.1) is 32.2 Å². The van der Waals surface area contributed by atoms with Crippen molar-refractivity contribution < 1.29 is 24.2 Å². The first-order chi connectivity index (χ1) is 18.0. The highest BCUT2D eigenvalue weighted by Gasteiger charge is 2.17. The molecule has 0 aliphatic rings. The summed E-state index contributed by atoms with van der Waals surface area (Å²) in [7, 11) is 3.19. The van der Waals surface area contributed by atoms with Crippen molar-refractivity contribution in [2.24, 2.45) is 5.10 Å². The number of carboxylic acid groups (broad SMARTS) is 1. The van der Waals surface area contributed by atoms with Crippen LogP contribution in [0.2, 0.25) is 0 Å². The lowest BCUT2D eigenvalue weighted by Gasteiger charge is -2.11. The van der Waals surface area contributed by atoms with Gasteiger partial charge in [-0.2, -0.15) is 5.10 Å². The Morgan fingerprint density at radius 1 is 0.973 bits per heavy atom. The number of benzene rings is 3. The minimum atomic E-state index is -1.32. The topological polar surface area (TPSA) is 131 Å². The van der Waals surface area contributed by atoms with Gasteiger partial charge in [-0.25, -0.2) is 5.43 Å². The Kier molecular flexibility index (Phi) is 8.16. The predicted molar refractivity (Wildman–Crippen MR) is 137 cm³/mol. The second-order valence-electron chi connectivity index (χ2n) is 7.52. The molecule has 10 nitrogen and oxygen atoms in total. The molecule has 1 N–H and O–H groups in total. The number of aromatic carboxylic acids is 1. The van der Waals surface area contributed by atoms with Gasteiger partial charge in [0.25, 0.3) is 5.91 Å². The first-order valence-corrected chi connectivity index (χ1v) is 12.0. The lowest BCUT2D eigenvalue weighted by molar-refractivity contribution is -0.255. The van der Waals surface area contributed by atoms with E-state index in [1.54, 1.807) is 32.4 Å². The maximum atomic E-state index is 12.4. The second kappa shape index (κ2) is 11.9. The molecule has 1 aromatic heterocycles. The van der Waals surface area contributed by atoms with E-state index < -0.39 is 11.9 Å². The summed E-state index contributed by atoms with van der Waals surface area (Å²) in [6.07, 6.45) is 1.26. The average molecular weight is 517 g/mol. The molecular weight excluding hydrogens is 494 g/mol. The van der Waals surface area contributed by atoms with Gasteiger partial charge >= 0.3 is 0 Å². The molecule has 0 fully saturated rings. The molecular formula is C26H22N5O5S-. The average Bonchev–Trinajstić information content (AvgIpc) is 3.36. The second-order valence-corrected chi connectivity index (χ2v) is 8.47. The van der Waals surface area contributed by atoms with Gasteiger partial charge in [-0.05, 0) is 48.5 Å². The van der Waals surface area contributed by atoms with Crippen LogP contribution in [0.15, 0.2) is 83.1 Å². The molecule has 0 unspecified atom stereocenters. The molecule has 188 valence electrons. The monoisotopic (exact) mass is 516 g/mol. The molecule has 1 amide bonds. The van der Waals surface area contributed by atoms with Crippen LogP contribution in [-0.2, 0) is 4.79 Å². The van der Waals surface area contributed by atoms with E-state index in [0.29, 0.717) is 28.0 Å². The van der Waals surface area contributed by atoms with Crippen molar-refractivity contribution in [2.75, 3.05) is 20.0 Å². The van der Waals surface area contributed by atoms with E-state index in [4.69, 9.17) is 9.47 Å². The van der Waals surface area contributed by atoms with Crippen LogP contribution in [0.1, 0.15) is 15.9 Å². The number of hydrogen-bond acceptors (Lipinski definition) is 9. The Bertz CT molecular complexity index is 1420. The number of aromatic nitrogens is 3. The maximum absolute atomic E-state index is 12.4. The fourth-order valence-electron chi connectivity index (χ4n) is 3.39. The minimum Gasteiger partial charge on any atom is -0.545 e. The SMILES string of the molecule is COc1ccc(-c2nnc(SCC(=O)N/N=C\c3ccccc3C(=O)[O-])n2-c2ccc(OC)cc2)cc1. The summed E-state index contributed by atoms with van der Waals surface area (Å²) in [5, 5.41) is 24.2. The number of ether oxygens (including phenoxy) is 2. The number of amides is 1. The number of thioether (sulfide) groups is 1. The van der Waals surface area contributed by atoms with Crippen LogP contribution in [-0.4, -0.2) is 52.8 Å². The third-order valence-electron chi connectivity index (χ3n) is 5.22. The number of rotatable bonds is 10. The van der Waals surface area contributed by atoms with Gasteiger partial charge in [0, 0.05) is 22.4 Å². The third kappa shape index (κ3) is 6.14. The summed E-state index contributed by atoms with van der Waals surface area (Å²) < 4.78 is 12.4. The van der Waals surface area contributed by atoms with Crippen molar-refractivity contribution in [2.45, 2.75) is 5.16 Å². The number of nitrogens with zero attached hydrogens (tertiary/aromatic N) is 4. The van der Waals surface area contributed by atoms with E-state index in [0.717, 1.165) is 11.3 Å². The predicted octanol–water partition coefficient (Wildman–Crippen LogP) is 2.56. The first kappa shape index (κ1) is 25.5. The largest absolute Gasteiger partial charge is 0.545 e. The van der Waals surface area contributed by atoms with E-state index >= 15 is 0 Å². The molecule has 4 rings (SSSR count). The number of hydrazone groups is 1. The summed E-state index contributed by atoms with van der Waals surface area (Å²) in [5.41, 5.74) is 4.30. The fraction of sp³-hybridized carbons (Fsp3) is 0.115. The van der Waals surface area contributed by atoms with Gasteiger partial charge in [0.2, 0.25) is 0 Å². The number of methoxy groups -OCH3 is 2. The number of nitrogens with one attached hydrogen (secondary N) is 1. The quantitative estimate of drug-likeness (QED) is 0.193. The highest BCUT2D eigenvalue weighted by atomic mass is 32.2. The summed E-state index contributed by atoms with van der Waals surface area (Å²) in [5.74, 6) is 0.281. The van der Waals surface area contributed by atoms with Crippen LogP contribution in [0.5, 0.6) is 11.5 Å². The molecule has 0 aliphatic heterocycles. The van der Waals surface area contributed by atoms with E-state index in [1.807, 2.05) is 53.1 Å². The number of carboxylic acids is 1. The van der Waals surface area contributed by atoms with Crippen LogP contribution in [0.25, 0.3) is 17.1 Å². The summed E-state index contributed by atoms with van der Waals surface area (Å²) in [6.45, 7) is 0. The van der Waals surface area contributed by atoms with Gasteiger partial charge in [-0.15, -0.1) is 10.2 Å². The van der Waals surface area contributed by atoms with E-state index in [-0.39, 0.29) is 11.3 Å². The molecule has 1 heterocycles. The lowest BCUT2D eigenvalue weighted by Crippen LogP contribution is -2.24. The van der Waals surface area contributed by atoms with Crippen molar-refractivity contribution in [1.82, 2.24) is 20.2 Å². The van der Waals surface area contributed by atoms with Gasteiger partial charge < -0.3 is 19.4 Å². The van der Waals surface area contributed by atoms with E-state index in [1.165, 1.54) is 24.0 Å². The zero-order valence-electron chi connectivity index (χ0n) is 20.0. The zero-order chi connectivity index (χ0) is 26.2. The van der Waals surface area contributed by atoms with Gasteiger partial charge in [-0.1, -0.05) is 36.0 Å². The Labute approximate surface area is 217 Å². The first-order valence-electron chi connectivity index (χ1n) is 11.0. The molecule has 11 heteroatoms. The van der Waals surface area contributed by atoms with Crippen molar-refractivity contribution in [3.8, 4) is 28.6 Å². The molecule has 0 saturated heterocycles. The Balaban J connectivity index is 1.53. The molecule has 4 aromatic rings. The minimum absolute atomic E-state index is 0.00360. The van der Waals surface area contributed by atoms with Crippen LogP contribution < -0.4 is 20.0 Å². The molecule has 37 heavy (non-hydrogen) atoms. The molecule has 0 radical (unpaired) electrons. The van der Waals surface area contributed by atoms with Crippen molar-refractivity contribution >= 4 is 29.9 Å². The number of carbonyl (C=O) groups is 2. The van der Waals surface area contributed by atoms with Crippen LogP contribution >= 0.6 is 11.8 Å². The molecule has 0 saturated carbocycles. The molecule has 0 bridgehead atoms. The third-order valence-corrected chi connectivity index (χ3v) is 6.15. The van der Waals surface area contributed by atoms with E-state index in [9.17, 15) is 14.7 Å². The normalized spacial score (nSPS) is 10.9. The Morgan fingerprint density at radius 3 is 2.27 bits per heavy atom. The number of carbonyl (C=O) groups excluding carboxylic acids is 2. The number of hydrogen-bond donors (Lipinski definition) is 1. The van der Waals surface area contributed by atoms with Crippen molar-refractivity contribution in [3.05, 3.63) is 83.9 Å². The highest BCUT2D eigenvalue weighted by Crippen LogP contribution is 2.29. The summed E-state index contributed by atoms with van der Waals surface area (Å²) >= 11 is 1.18. The van der Waals surface area contributed by atoms with Gasteiger partial charge in [0.15, 0.2) is 11.0 Å². The highest BCUT2D eigenvalue weighted by molar-refractivity contribution is 7.99. The van der Waals surface area contributed by atoms with Crippen molar-refractivity contribution in [1.29, 1.82) is 0 Å². The van der Waals surface area contributed by atoms with Crippen LogP contribution in [0, 0.1) is 0 Å². The lowest BCUT2D eigenvalue weighted by atomic mass is 10.1. The fourth-order valence-corrected chi connectivity index (χ4v) is 4.13. The standard InChI is InChI=1S/C26H23N5O5S/c1-35-20-11-7-17(8-12-20)24-29-30-26(31(24)19-9-13-21(36-2)14-10-19)37-16-23(32)28-27-15-18-5-3-4-6-22(18)25(33)34/h3-15H,16H2,1-2H3,(H,28,32)(H,33,34)/p-1/b27-15-. The zero-order valence-corrected chi connectivity index (χ0v) is 20.8. The van der Waals surface area contributed by atoms with E-state index in [2.05, 4.69) is 20.7 Å². The molecule has 0 atom stereocenters.